The number of rotatable bonds is 3. The van der Waals surface area contributed by atoms with Crippen LogP contribution >= 0.6 is 11.6 Å². The van der Waals surface area contributed by atoms with E-state index in [2.05, 4.69) is 10.1 Å². The quantitative estimate of drug-likeness (QED) is 0.398. The molecule has 0 aliphatic heterocycles. The van der Waals surface area contributed by atoms with Crippen molar-refractivity contribution >= 4 is 32.7 Å². The van der Waals surface area contributed by atoms with Gasteiger partial charge in [0.05, 0.1) is 23.8 Å². The molecule has 0 atom stereocenters. The Morgan fingerprint density at radius 1 is 1.19 bits per heavy atom. The molecule has 3 aromatic heterocycles. The van der Waals surface area contributed by atoms with Gasteiger partial charge in [0.1, 0.15) is 5.39 Å². The predicted octanol–water partition coefficient (Wildman–Crippen LogP) is 2.15. The van der Waals surface area contributed by atoms with Crippen LogP contribution in [0, 0.1) is 0 Å². The second-order valence-electron chi connectivity index (χ2n) is 5.90. The zero-order chi connectivity index (χ0) is 18.5. The van der Waals surface area contributed by atoms with Gasteiger partial charge in [-0.3, -0.25) is 4.68 Å². The number of benzene rings is 1. The van der Waals surface area contributed by atoms with Crippen molar-refractivity contribution < 1.29 is 13.0 Å². The van der Waals surface area contributed by atoms with E-state index in [1.54, 1.807) is 72.1 Å². The summed E-state index contributed by atoms with van der Waals surface area (Å²) in [4.78, 5) is 4.50. The van der Waals surface area contributed by atoms with Crippen LogP contribution in [0.25, 0.3) is 22.3 Å². The third-order valence-electron chi connectivity index (χ3n) is 4.10. The highest BCUT2D eigenvalue weighted by Crippen LogP contribution is 2.32. The second-order valence-corrected chi connectivity index (χ2v) is 8.04. The van der Waals surface area contributed by atoms with Gasteiger partial charge < -0.3 is 0 Å². The zero-order valence-corrected chi connectivity index (χ0v) is 15.6. The van der Waals surface area contributed by atoms with Crippen LogP contribution in [0.2, 0.25) is 5.15 Å². The smallest absolute Gasteiger partial charge is 0.275 e. The van der Waals surface area contributed by atoms with E-state index in [-0.39, 0.29) is 10.5 Å². The summed E-state index contributed by atoms with van der Waals surface area (Å²) in [6.45, 7) is 0. The van der Waals surface area contributed by atoms with Gasteiger partial charge in [0.15, 0.2) is 0 Å². The third kappa shape index (κ3) is 2.49. The van der Waals surface area contributed by atoms with Gasteiger partial charge in [0.2, 0.25) is 5.15 Å². The highest BCUT2D eigenvalue weighted by Gasteiger charge is 2.29. The Bertz CT molecular complexity index is 1230. The lowest BCUT2D eigenvalue weighted by Gasteiger charge is -2.08. The maximum Gasteiger partial charge on any atom is 0.289 e. The Morgan fingerprint density at radius 3 is 2.58 bits per heavy atom. The molecule has 0 N–H and O–H groups in total. The highest BCUT2D eigenvalue weighted by molar-refractivity contribution is 7.90. The minimum atomic E-state index is -3.87. The topological polar surface area (TPSA) is 73.7 Å². The average Bonchev–Trinajstić information content (AvgIpc) is 3.23. The first-order valence-electron chi connectivity index (χ1n) is 7.75. The monoisotopic (exact) mass is 388 g/mol. The Kier molecular flexibility index (Phi) is 3.82. The van der Waals surface area contributed by atoms with Crippen molar-refractivity contribution in [2.75, 3.05) is 0 Å². The number of aromatic nitrogens is 5. The predicted molar refractivity (Wildman–Crippen MR) is 97.1 cm³/mol. The Hall–Kier alpha value is -2.71. The number of aryl methyl sites for hydroxylation is 2. The van der Waals surface area contributed by atoms with Crippen LogP contribution in [-0.4, -0.2) is 27.2 Å². The lowest BCUT2D eigenvalue weighted by Crippen LogP contribution is -2.30. The van der Waals surface area contributed by atoms with Crippen LogP contribution in [0.4, 0.5) is 0 Å². The van der Waals surface area contributed by atoms with Gasteiger partial charge in [-0.2, -0.15) is 9.07 Å². The lowest BCUT2D eigenvalue weighted by atomic mass is 10.2. The number of nitrogens with zero attached hydrogens (tertiary/aromatic N) is 5. The first-order chi connectivity index (χ1) is 12.4. The van der Waals surface area contributed by atoms with Crippen molar-refractivity contribution in [3.63, 3.8) is 0 Å². The SMILES string of the molecule is Cn1cc(-c2cc3c(Cl)[n+](C)cnc3n2S(=O)(=O)c2ccccc2)cn1. The average molecular weight is 389 g/mol. The van der Waals surface area contributed by atoms with Gasteiger partial charge >= 0.3 is 0 Å². The van der Waals surface area contributed by atoms with E-state index < -0.39 is 10.0 Å². The summed E-state index contributed by atoms with van der Waals surface area (Å²) in [5.74, 6) is 0. The molecule has 0 amide bonds. The summed E-state index contributed by atoms with van der Waals surface area (Å²) >= 11 is 6.39. The molecule has 4 rings (SSSR count). The summed E-state index contributed by atoms with van der Waals surface area (Å²) < 4.78 is 31.2. The van der Waals surface area contributed by atoms with Crippen LogP contribution < -0.4 is 4.57 Å². The van der Waals surface area contributed by atoms with Crippen molar-refractivity contribution in [1.29, 1.82) is 0 Å². The lowest BCUT2D eigenvalue weighted by molar-refractivity contribution is -0.670. The van der Waals surface area contributed by atoms with E-state index in [0.29, 0.717) is 21.8 Å². The van der Waals surface area contributed by atoms with Crippen molar-refractivity contribution in [3.05, 3.63) is 60.3 Å². The van der Waals surface area contributed by atoms with Gasteiger partial charge in [0.25, 0.3) is 22.0 Å². The van der Waals surface area contributed by atoms with Crippen molar-refractivity contribution in [1.82, 2.24) is 18.7 Å². The van der Waals surface area contributed by atoms with E-state index >= 15 is 0 Å². The molecule has 0 aliphatic carbocycles. The zero-order valence-electron chi connectivity index (χ0n) is 14.0. The summed E-state index contributed by atoms with van der Waals surface area (Å²) in [6, 6.07) is 9.97. The van der Waals surface area contributed by atoms with Crippen LogP contribution in [0.5, 0.6) is 0 Å². The Morgan fingerprint density at radius 2 is 1.92 bits per heavy atom. The molecule has 0 saturated carbocycles. The minimum absolute atomic E-state index is 0.175. The molecule has 1 aromatic carbocycles. The Balaban J connectivity index is 2.12. The van der Waals surface area contributed by atoms with Crippen LogP contribution in [0.3, 0.4) is 0 Å². The van der Waals surface area contributed by atoms with Gasteiger partial charge in [0, 0.05) is 18.8 Å². The normalized spacial score (nSPS) is 12.0. The standard InChI is InChI=1S/C17H15ClN5O2S/c1-21-11-19-17-14(16(21)18)8-15(12-9-20-22(2)10-12)23(17)26(24,25)13-6-4-3-5-7-13/h3-11H,1-2H3/q+1. The van der Waals surface area contributed by atoms with Crippen LogP contribution in [0.1, 0.15) is 0 Å². The van der Waals surface area contributed by atoms with Crippen molar-refractivity contribution in [3.8, 4) is 11.3 Å². The molecule has 0 aliphatic rings. The molecular weight excluding hydrogens is 374 g/mol. The molecule has 26 heavy (non-hydrogen) atoms. The highest BCUT2D eigenvalue weighted by atomic mass is 35.5. The molecule has 0 spiro atoms. The fraction of sp³-hybridized carbons (Fsp3) is 0.118. The minimum Gasteiger partial charge on any atom is -0.275 e. The van der Waals surface area contributed by atoms with E-state index in [0.717, 1.165) is 0 Å². The van der Waals surface area contributed by atoms with E-state index in [4.69, 9.17) is 11.6 Å². The molecular formula is C17H15ClN5O2S+. The maximum absolute atomic E-state index is 13.4. The summed E-state index contributed by atoms with van der Waals surface area (Å²) in [5.41, 5.74) is 1.39. The fourth-order valence-corrected chi connectivity index (χ4v) is 4.52. The molecule has 7 nitrogen and oxygen atoms in total. The molecule has 132 valence electrons. The van der Waals surface area contributed by atoms with Gasteiger partial charge in [-0.05, 0) is 34.8 Å². The molecule has 0 saturated heterocycles. The summed E-state index contributed by atoms with van der Waals surface area (Å²) in [7, 11) is -0.349. The second kappa shape index (κ2) is 5.93. The number of hydrogen-bond donors (Lipinski definition) is 0. The van der Waals surface area contributed by atoms with Gasteiger partial charge in [-0.15, -0.1) is 0 Å². The van der Waals surface area contributed by atoms with Gasteiger partial charge in [-0.25, -0.2) is 13.0 Å². The Labute approximate surface area is 155 Å². The van der Waals surface area contributed by atoms with E-state index in [9.17, 15) is 8.42 Å². The molecule has 0 unspecified atom stereocenters. The molecule has 3 heterocycles. The third-order valence-corrected chi connectivity index (χ3v) is 6.29. The molecule has 9 heteroatoms. The van der Waals surface area contributed by atoms with Crippen LogP contribution in [0.15, 0.2) is 60.0 Å². The van der Waals surface area contributed by atoms with Crippen molar-refractivity contribution in [2.45, 2.75) is 4.90 Å². The van der Waals surface area contributed by atoms with Crippen molar-refractivity contribution in [2.24, 2.45) is 14.1 Å². The first kappa shape index (κ1) is 16.7. The van der Waals surface area contributed by atoms with E-state index in [1.165, 1.54) is 10.3 Å². The summed E-state index contributed by atoms with van der Waals surface area (Å²) in [6.07, 6.45) is 4.85. The number of halogens is 1. The molecule has 0 bridgehead atoms. The fourth-order valence-electron chi connectivity index (χ4n) is 2.83. The summed E-state index contributed by atoms with van der Waals surface area (Å²) in [5, 5.41) is 5.10. The van der Waals surface area contributed by atoms with Crippen LogP contribution in [-0.2, 0) is 24.1 Å². The number of hydrogen-bond acceptors (Lipinski definition) is 4. The largest absolute Gasteiger partial charge is 0.289 e. The van der Waals surface area contributed by atoms with Gasteiger partial charge in [-0.1, -0.05) is 18.2 Å². The molecule has 4 aromatic rings. The first-order valence-corrected chi connectivity index (χ1v) is 9.56. The number of fused-ring (bicyclic) bond motifs is 1. The molecule has 0 fully saturated rings. The maximum atomic E-state index is 13.4. The van der Waals surface area contributed by atoms with E-state index in [1.807, 2.05) is 0 Å². The molecule has 0 radical (unpaired) electrons.